The molecule has 0 aliphatic carbocycles. The van der Waals surface area contributed by atoms with Crippen molar-refractivity contribution in [2.24, 2.45) is 0 Å². The van der Waals surface area contributed by atoms with Crippen LogP contribution in [-0.4, -0.2) is 0 Å². The Morgan fingerprint density at radius 3 is 0.667 bits per heavy atom. The molecule has 0 aliphatic heterocycles. The molecule has 0 heterocycles. The number of hydrogen-bond donors (Lipinski definition) is 0. The van der Waals surface area contributed by atoms with Crippen molar-refractivity contribution in [2.45, 2.75) is 0 Å². The molecule has 0 rings (SSSR count). The summed E-state index contributed by atoms with van der Waals surface area (Å²) in [5, 5.41) is 0. The summed E-state index contributed by atoms with van der Waals surface area (Å²) in [6, 6.07) is 0. The van der Waals surface area contributed by atoms with Gasteiger partial charge in [-0.1, -0.05) is 0 Å². The monoisotopic (exact) mass is 268 g/mol. The van der Waals surface area contributed by atoms with Crippen LogP contribution in [0.5, 0.6) is 0 Å². The molecule has 0 spiro atoms. The summed E-state index contributed by atoms with van der Waals surface area (Å²) in [6.45, 7) is 0. The van der Waals surface area contributed by atoms with Crippen molar-refractivity contribution in [1.82, 2.24) is 0 Å². The summed E-state index contributed by atoms with van der Waals surface area (Å²) < 4.78 is 68.6. The molecule has 0 aromatic rings. The van der Waals surface area contributed by atoms with Gasteiger partial charge in [0.2, 0.25) is 0 Å². The second kappa shape index (κ2) is 8.93. The Balaban J connectivity index is -0.0000000457. The Hall–Kier alpha value is 1.36. The number of rotatable bonds is 0. The standard InChI is InChI=1S/Li.2Mn.Na.8O/q+1;;;+1;;;;;;;2*-1. The predicted octanol–water partition coefficient (Wildman–Crippen LogP) is -9.09. The van der Waals surface area contributed by atoms with E-state index in [1.54, 1.807) is 0 Å². The average molecular weight is 268 g/mol. The summed E-state index contributed by atoms with van der Waals surface area (Å²) >= 11 is -11.2. The second-order valence-electron chi connectivity index (χ2n) is 0.756. The van der Waals surface area contributed by atoms with E-state index in [4.69, 9.17) is 31.4 Å². The van der Waals surface area contributed by atoms with E-state index in [0.717, 1.165) is 0 Å². The van der Waals surface area contributed by atoms with Gasteiger partial charge in [-0.2, -0.15) is 0 Å². The third-order valence-electron chi connectivity index (χ3n) is 0. The molecule has 0 amide bonds. The minimum absolute atomic E-state index is 0. The molecule has 0 saturated carbocycles. The molecular weight excluding hydrogens is 268 g/mol. The quantitative estimate of drug-likeness (QED) is 0.393. The molecule has 8 nitrogen and oxygen atoms in total. The third kappa shape index (κ3) is 662. The van der Waals surface area contributed by atoms with Crippen molar-refractivity contribution >= 4 is 0 Å². The van der Waals surface area contributed by atoms with Gasteiger partial charge in [0, 0.05) is 0 Å². The summed E-state index contributed by atoms with van der Waals surface area (Å²) in [4.78, 5) is 0. The van der Waals surface area contributed by atoms with Crippen LogP contribution in [0.15, 0.2) is 0 Å². The Labute approximate surface area is 104 Å². The van der Waals surface area contributed by atoms with Gasteiger partial charge in [-0.25, -0.2) is 0 Å². The van der Waals surface area contributed by atoms with E-state index in [2.05, 4.69) is 0 Å². The van der Waals surface area contributed by atoms with Crippen molar-refractivity contribution in [3.8, 4) is 0 Å². The van der Waals surface area contributed by atoms with Crippen LogP contribution >= 0.6 is 0 Å². The molecule has 0 aliphatic rings. The van der Waals surface area contributed by atoms with E-state index in [0.29, 0.717) is 0 Å². The Bertz CT molecular complexity index is 301. The fourth-order valence-electron chi connectivity index (χ4n) is 0. The van der Waals surface area contributed by atoms with Gasteiger partial charge in [0.1, 0.15) is 0 Å². The zero-order valence-corrected chi connectivity index (χ0v) is 10.4. The normalized spacial score (nSPS) is 9.50. The van der Waals surface area contributed by atoms with Crippen LogP contribution in [0, 0.1) is 0 Å². The molecule has 0 unspecified atom stereocenters. The molecule has 0 fully saturated rings. The third-order valence-corrected chi connectivity index (χ3v) is 0. The van der Waals surface area contributed by atoms with Gasteiger partial charge < -0.3 is 0 Å². The Morgan fingerprint density at radius 2 is 0.667 bits per heavy atom. The van der Waals surface area contributed by atoms with E-state index in [1.165, 1.54) is 0 Å². The first-order valence-corrected chi connectivity index (χ1v) is 5.09. The fraction of sp³-hybridized carbons (Fsp3) is 0. The molecule has 0 radical (unpaired) electrons. The molecule has 0 atom stereocenters. The topological polar surface area (TPSA) is 149 Å². The van der Waals surface area contributed by atoms with Gasteiger partial charge in [-0.05, 0) is 0 Å². The Kier molecular flexibility index (Phi) is 17.3. The van der Waals surface area contributed by atoms with Crippen LogP contribution in [0.1, 0.15) is 0 Å². The SMILES string of the molecule is [Li+].[Na+].[O]=[Mn](=[O])(=[O])[O-].[O]=[Mn](=[O])(=[O])[O-]. The van der Waals surface area contributed by atoms with E-state index >= 15 is 0 Å². The molecule has 0 saturated heterocycles. The van der Waals surface area contributed by atoms with Gasteiger partial charge in [0.25, 0.3) is 0 Å². The van der Waals surface area contributed by atoms with E-state index in [1.807, 2.05) is 0 Å². The van der Waals surface area contributed by atoms with E-state index < -0.39 is 25.9 Å². The zero-order valence-electron chi connectivity index (χ0n) is 6.02. The van der Waals surface area contributed by atoms with Crippen LogP contribution < -0.4 is 56.8 Å². The maximum absolute atomic E-state index is 8.58. The molecule has 0 N–H and O–H groups in total. The first-order chi connectivity index (χ1) is 4.00. The van der Waals surface area contributed by atoms with Gasteiger partial charge in [-0.15, -0.1) is 0 Å². The van der Waals surface area contributed by atoms with Crippen LogP contribution in [0.3, 0.4) is 0 Å². The Morgan fingerprint density at radius 1 is 0.667 bits per heavy atom. The van der Waals surface area contributed by atoms with E-state index in [-0.39, 0.29) is 48.4 Å². The molecule has 0 aromatic carbocycles. The van der Waals surface area contributed by atoms with Gasteiger partial charge in [0.05, 0.1) is 0 Å². The summed E-state index contributed by atoms with van der Waals surface area (Å²) in [5.74, 6) is 0. The molecule has 12 heavy (non-hydrogen) atoms. The van der Waals surface area contributed by atoms with Gasteiger partial charge >= 0.3 is 106 Å². The molecule has 0 bridgehead atoms. The van der Waals surface area contributed by atoms with Crippen LogP contribution in [0.4, 0.5) is 0 Å². The fourth-order valence-corrected chi connectivity index (χ4v) is 0. The first kappa shape index (κ1) is 23.3. The second-order valence-corrected chi connectivity index (χ2v) is 3.12. The minimum atomic E-state index is -5.62. The summed E-state index contributed by atoms with van der Waals surface area (Å²) in [6.07, 6.45) is 0. The first-order valence-electron chi connectivity index (χ1n) is 1.23. The predicted molar refractivity (Wildman–Crippen MR) is 4.12 cm³/mol. The van der Waals surface area contributed by atoms with Crippen molar-refractivity contribution < 1.29 is 106 Å². The van der Waals surface area contributed by atoms with Crippen molar-refractivity contribution in [3.63, 3.8) is 0 Å². The van der Waals surface area contributed by atoms with Crippen LogP contribution in [0.2, 0.25) is 0 Å². The molecule has 0 aromatic heterocycles. The zero-order chi connectivity index (χ0) is 9.00. The molecular formula is LiMn2NaO8. The summed E-state index contributed by atoms with van der Waals surface area (Å²) in [5.41, 5.74) is 0. The van der Waals surface area contributed by atoms with Crippen LogP contribution in [-0.2, 0) is 48.9 Å². The van der Waals surface area contributed by atoms with Crippen LogP contribution in [0.25, 0.3) is 0 Å². The summed E-state index contributed by atoms with van der Waals surface area (Å²) in [7, 11) is 0. The average Bonchev–Trinajstić information content (AvgIpc) is 1.12. The van der Waals surface area contributed by atoms with E-state index in [9.17, 15) is 0 Å². The van der Waals surface area contributed by atoms with Crippen molar-refractivity contribution in [2.75, 3.05) is 0 Å². The van der Waals surface area contributed by atoms with Crippen molar-refractivity contribution in [3.05, 3.63) is 0 Å². The molecule has 12 heteroatoms. The maximum atomic E-state index is 8.58. The van der Waals surface area contributed by atoms with Gasteiger partial charge in [-0.3, -0.25) is 0 Å². The van der Waals surface area contributed by atoms with Gasteiger partial charge in [0.15, 0.2) is 0 Å². The molecule has 64 valence electrons. The number of hydrogen-bond acceptors (Lipinski definition) is 8. The van der Waals surface area contributed by atoms with Crippen molar-refractivity contribution in [1.29, 1.82) is 0 Å².